The van der Waals surface area contributed by atoms with E-state index in [4.69, 9.17) is 4.74 Å². The van der Waals surface area contributed by atoms with Gasteiger partial charge in [-0.3, -0.25) is 0 Å². The Morgan fingerprint density at radius 2 is 1.00 bits per heavy atom. The third kappa shape index (κ3) is 15.6. The fourth-order valence-electron chi connectivity index (χ4n) is 2.62. The van der Waals surface area contributed by atoms with E-state index >= 15 is 0 Å². The molecule has 0 aromatic carbocycles. The van der Waals surface area contributed by atoms with Crippen LogP contribution in [-0.4, -0.2) is 7.11 Å². The van der Waals surface area contributed by atoms with Gasteiger partial charge in [0.25, 0.3) is 0 Å². The monoisotopic (exact) mass is 282 g/mol. The molecule has 0 saturated carbocycles. The van der Waals surface area contributed by atoms with Crippen molar-refractivity contribution in [3.63, 3.8) is 0 Å². The standard InChI is InChI=1S/C19H38O/c1-4-5-6-7-8-9-10-11-12-13-14-15-16-17-18-19(2)20-3/h2,4-18H2,1,3H3. The average molecular weight is 283 g/mol. The van der Waals surface area contributed by atoms with E-state index in [1.165, 1.54) is 89.9 Å². The average Bonchev–Trinajstić information content (AvgIpc) is 2.47. The van der Waals surface area contributed by atoms with Gasteiger partial charge >= 0.3 is 0 Å². The summed E-state index contributed by atoms with van der Waals surface area (Å²) < 4.78 is 5.07. The normalized spacial score (nSPS) is 10.7. The van der Waals surface area contributed by atoms with Gasteiger partial charge in [-0.25, -0.2) is 0 Å². The number of hydrogen-bond acceptors (Lipinski definition) is 1. The Morgan fingerprint density at radius 1 is 0.650 bits per heavy atom. The van der Waals surface area contributed by atoms with E-state index in [1.54, 1.807) is 7.11 Å². The van der Waals surface area contributed by atoms with Crippen molar-refractivity contribution in [1.29, 1.82) is 0 Å². The van der Waals surface area contributed by atoms with Gasteiger partial charge in [0.15, 0.2) is 0 Å². The zero-order valence-electron chi connectivity index (χ0n) is 14.2. The number of hydrogen-bond donors (Lipinski definition) is 0. The molecule has 0 unspecified atom stereocenters. The highest BCUT2D eigenvalue weighted by Crippen LogP contribution is 2.14. The first-order valence-corrected chi connectivity index (χ1v) is 9.03. The van der Waals surface area contributed by atoms with E-state index in [0.717, 1.165) is 12.2 Å². The molecule has 0 radical (unpaired) electrons. The van der Waals surface area contributed by atoms with Gasteiger partial charge in [-0.2, -0.15) is 0 Å². The fourth-order valence-corrected chi connectivity index (χ4v) is 2.62. The number of ether oxygens (including phenoxy) is 1. The van der Waals surface area contributed by atoms with Crippen LogP contribution in [0.4, 0.5) is 0 Å². The third-order valence-corrected chi connectivity index (χ3v) is 4.10. The molecule has 20 heavy (non-hydrogen) atoms. The van der Waals surface area contributed by atoms with Gasteiger partial charge in [0.05, 0.1) is 12.9 Å². The first-order chi connectivity index (χ1) is 9.81. The van der Waals surface area contributed by atoms with Crippen molar-refractivity contribution in [3.8, 4) is 0 Å². The molecule has 1 heteroatoms. The lowest BCUT2D eigenvalue weighted by Crippen LogP contribution is -1.86. The Bertz CT molecular complexity index is 198. The number of rotatable bonds is 16. The maximum Gasteiger partial charge on any atom is 0.0883 e. The smallest absolute Gasteiger partial charge is 0.0883 e. The Balaban J connectivity index is 2.97. The Kier molecular flexibility index (Phi) is 16.2. The predicted molar refractivity (Wildman–Crippen MR) is 91.1 cm³/mol. The first-order valence-electron chi connectivity index (χ1n) is 9.03. The van der Waals surface area contributed by atoms with Gasteiger partial charge < -0.3 is 4.74 Å². The summed E-state index contributed by atoms with van der Waals surface area (Å²) in [7, 11) is 1.71. The molecule has 0 rings (SSSR count). The first kappa shape index (κ1) is 19.5. The summed E-state index contributed by atoms with van der Waals surface area (Å²) in [5, 5.41) is 0. The molecule has 0 aliphatic rings. The number of unbranched alkanes of at least 4 members (excludes halogenated alkanes) is 13. The highest BCUT2D eigenvalue weighted by atomic mass is 16.5. The summed E-state index contributed by atoms with van der Waals surface area (Å²) in [4.78, 5) is 0. The van der Waals surface area contributed by atoms with Crippen molar-refractivity contribution in [2.24, 2.45) is 0 Å². The molecule has 120 valence electrons. The number of allylic oxidation sites excluding steroid dienone is 1. The van der Waals surface area contributed by atoms with Gasteiger partial charge in [-0.05, 0) is 6.42 Å². The van der Waals surface area contributed by atoms with Crippen LogP contribution in [0, 0.1) is 0 Å². The van der Waals surface area contributed by atoms with Gasteiger partial charge in [0, 0.05) is 6.42 Å². The molecule has 0 aliphatic carbocycles. The molecular formula is C19H38O. The largest absolute Gasteiger partial charge is 0.502 e. The van der Waals surface area contributed by atoms with Crippen LogP contribution >= 0.6 is 0 Å². The van der Waals surface area contributed by atoms with E-state index in [-0.39, 0.29) is 0 Å². The van der Waals surface area contributed by atoms with Crippen molar-refractivity contribution in [1.82, 2.24) is 0 Å². The molecule has 0 aliphatic heterocycles. The molecule has 0 saturated heterocycles. The Hall–Kier alpha value is -0.460. The van der Waals surface area contributed by atoms with Gasteiger partial charge in [0.1, 0.15) is 0 Å². The van der Waals surface area contributed by atoms with Crippen LogP contribution in [0.5, 0.6) is 0 Å². The summed E-state index contributed by atoms with van der Waals surface area (Å²) in [6.07, 6.45) is 20.8. The van der Waals surface area contributed by atoms with E-state index in [2.05, 4.69) is 13.5 Å². The molecule has 0 aromatic heterocycles. The molecule has 0 atom stereocenters. The lowest BCUT2D eigenvalue weighted by molar-refractivity contribution is 0.276. The van der Waals surface area contributed by atoms with Crippen LogP contribution < -0.4 is 0 Å². The van der Waals surface area contributed by atoms with E-state index in [0.29, 0.717) is 0 Å². The molecule has 0 fully saturated rings. The summed E-state index contributed by atoms with van der Waals surface area (Å²) in [6.45, 7) is 6.14. The fraction of sp³-hybridized carbons (Fsp3) is 0.895. The second-order valence-electron chi connectivity index (χ2n) is 6.09. The van der Waals surface area contributed by atoms with Crippen LogP contribution in [0.1, 0.15) is 103 Å². The van der Waals surface area contributed by atoms with Crippen LogP contribution in [0.3, 0.4) is 0 Å². The molecule has 0 heterocycles. The van der Waals surface area contributed by atoms with Gasteiger partial charge in [-0.1, -0.05) is 97.0 Å². The van der Waals surface area contributed by atoms with Crippen molar-refractivity contribution >= 4 is 0 Å². The zero-order chi connectivity index (χ0) is 14.9. The van der Waals surface area contributed by atoms with Gasteiger partial charge in [-0.15, -0.1) is 0 Å². The molecule has 0 amide bonds. The van der Waals surface area contributed by atoms with Crippen LogP contribution in [0.2, 0.25) is 0 Å². The predicted octanol–water partition coefficient (Wildman–Crippen LogP) is 7.02. The lowest BCUT2D eigenvalue weighted by Gasteiger charge is -2.04. The summed E-state index contributed by atoms with van der Waals surface area (Å²) in [6, 6.07) is 0. The topological polar surface area (TPSA) is 9.23 Å². The molecule has 0 spiro atoms. The summed E-state index contributed by atoms with van der Waals surface area (Å²) in [5.41, 5.74) is 0. The van der Waals surface area contributed by atoms with Gasteiger partial charge in [0.2, 0.25) is 0 Å². The zero-order valence-corrected chi connectivity index (χ0v) is 14.2. The molecule has 0 N–H and O–H groups in total. The van der Waals surface area contributed by atoms with Crippen LogP contribution in [0.15, 0.2) is 12.3 Å². The van der Waals surface area contributed by atoms with E-state index in [1.807, 2.05) is 0 Å². The molecule has 0 aromatic rings. The second-order valence-corrected chi connectivity index (χ2v) is 6.09. The second kappa shape index (κ2) is 16.6. The summed E-state index contributed by atoms with van der Waals surface area (Å²) in [5.74, 6) is 0.934. The van der Waals surface area contributed by atoms with Crippen molar-refractivity contribution < 1.29 is 4.74 Å². The Morgan fingerprint density at radius 3 is 1.35 bits per heavy atom. The maximum atomic E-state index is 5.07. The SMILES string of the molecule is C=C(CCCCCCCCCCCCCCCC)OC. The van der Waals surface area contributed by atoms with Crippen LogP contribution in [0.25, 0.3) is 0 Å². The van der Waals surface area contributed by atoms with E-state index in [9.17, 15) is 0 Å². The highest BCUT2D eigenvalue weighted by Gasteiger charge is 1.95. The van der Waals surface area contributed by atoms with E-state index < -0.39 is 0 Å². The minimum atomic E-state index is 0.934. The van der Waals surface area contributed by atoms with Crippen molar-refractivity contribution in [2.45, 2.75) is 103 Å². The lowest BCUT2D eigenvalue weighted by atomic mass is 10.0. The highest BCUT2D eigenvalue weighted by molar-refractivity contribution is 4.80. The van der Waals surface area contributed by atoms with Crippen molar-refractivity contribution in [3.05, 3.63) is 12.3 Å². The third-order valence-electron chi connectivity index (χ3n) is 4.10. The number of methoxy groups -OCH3 is 1. The summed E-state index contributed by atoms with van der Waals surface area (Å²) >= 11 is 0. The minimum absolute atomic E-state index is 0.934. The van der Waals surface area contributed by atoms with Crippen LogP contribution in [-0.2, 0) is 4.74 Å². The molecular weight excluding hydrogens is 244 g/mol. The van der Waals surface area contributed by atoms with Crippen molar-refractivity contribution in [2.75, 3.05) is 7.11 Å². The Labute approximate surface area is 128 Å². The maximum absolute atomic E-state index is 5.07. The quantitative estimate of drug-likeness (QED) is 0.218. The molecule has 0 bridgehead atoms. The minimum Gasteiger partial charge on any atom is -0.502 e. The molecule has 1 nitrogen and oxygen atoms in total.